The first-order valence-electron chi connectivity index (χ1n) is 19.1. The molecule has 0 aliphatic carbocycles. The van der Waals surface area contributed by atoms with Crippen molar-refractivity contribution >= 4 is 35.2 Å². The van der Waals surface area contributed by atoms with E-state index < -0.39 is 23.9 Å². The lowest BCUT2D eigenvalue weighted by Gasteiger charge is -2.26. The minimum absolute atomic E-state index is 0.155. The first kappa shape index (κ1) is 41.7. The van der Waals surface area contributed by atoms with E-state index in [1.54, 1.807) is 48.5 Å². The number of hydrogen-bond acceptors (Lipinski definition) is 11. The van der Waals surface area contributed by atoms with Crippen molar-refractivity contribution in [2.75, 3.05) is 0 Å². The monoisotopic (exact) mass is 832 g/mol. The van der Waals surface area contributed by atoms with Crippen LogP contribution in [0.5, 0.6) is 34.5 Å². The van der Waals surface area contributed by atoms with Crippen LogP contribution >= 0.6 is 11.3 Å². The third-order valence-electron chi connectivity index (χ3n) is 10.4. The van der Waals surface area contributed by atoms with Gasteiger partial charge in [-0.3, -0.25) is 0 Å². The molecule has 0 fully saturated rings. The summed E-state index contributed by atoms with van der Waals surface area (Å²) in [6.07, 6.45) is 0. The topological polar surface area (TPSA) is 146 Å². The van der Waals surface area contributed by atoms with Crippen LogP contribution in [0.1, 0.15) is 90.0 Å². The zero-order valence-electron chi connectivity index (χ0n) is 33.6. The van der Waals surface area contributed by atoms with Crippen LogP contribution in [0.3, 0.4) is 0 Å². The Labute approximate surface area is 356 Å². The first-order valence-corrected chi connectivity index (χ1v) is 20.0. The van der Waals surface area contributed by atoms with E-state index in [1.807, 2.05) is 48.5 Å². The van der Waals surface area contributed by atoms with Crippen molar-refractivity contribution < 1.29 is 48.3 Å². The van der Waals surface area contributed by atoms with Crippen LogP contribution in [0.15, 0.2) is 158 Å². The number of rotatable bonds is 12. The number of carbonyl (C=O) groups is 4. The number of phenols is 2. The zero-order valence-corrected chi connectivity index (χ0v) is 34.4. The normalized spacial score (nSPS) is 11.3. The quantitative estimate of drug-likeness (QED) is 0.0901. The van der Waals surface area contributed by atoms with Crippen LogP contribution in [0.2, 0.25) is 0 Å². The van der Waals surface area contributed by atoms with E-state index in [0.29, 0.717) is 11.5 Å². The molecule has 0 saturated heterocycles. The van der Waals surface area contributed by atoms with E-state index in [1.165, 1.54) is 60.7 Å². The van der Waals surface area contributed by atoms with E-state index in [0.717, 1.165) is 33.6 Å². The highest BCUT2D eigenvalue weighted by molar-refractivity contribution is 7.15. The molecule has 0 unspecified atom stereocenters. The number of esters is 4. The molecule has 0 spiro atoms. The Balaban J connectivity index is 0.883. The molecule has 7 rings (SSSR count). The van der Waals surface area contributed by atoms with Gasteiger partial charge in [0.1, 0.15) is 44.3 Å². The first-order chi connectivity index (χ1) is 29.1. The molecule has 61 heavy (non-hydrogen) atoms. The van der Waals surface area contributed by atoms with Crippen molar-refractivity contribution in [3.63, 3.8) is 0 Å². The zero-order chi connectivity index (χ0) is 43.3. The maximum atomic E-state index is 12.9. The van der Waals surface area contributed by atoms with E-state index in [9.17, 15) is 29.4 Å². The minimum Gasteiger partial charge on any atom is -0.508 e. The molecule has 306 valence electrons. The number of aromatic hydroxyl groups is 2. The highest BCUT2D eigenvalue weighted by Gasteiger charge is 2.25. The molecule has 0 atom stereocenters. The van der Waals surface area contributed by atoms with Crippen LogP contribution in [0.4, 0.5) is 0 Å². The highest BCUT2D eigenvalue weighted by atomic mass is 32.1. The molecule has 0 aliphatic heterocycles. The van der Waals surface area contributed by atoms with Gasteiger partial charge in [-0.1, -0.05) is 76.2 Å². The number of phenolic OH excluding ortho intramolecular Hbond substituents is 2. The second-order valence-electron chi connectivity index (χ2n) is 15.2. The molecular weight excluding hydrogens is 793 g/mol. The molecule has 11 heteroatoms. The van der Waals surface area contributed by atoms with Crippen molar-refractivity contribution in [2.45, 2.75) is 38.5 Å². The van der Waals surface area contributed by atoms with E-state index in [4.69, 9.17) is 18.9 Å². The maximum Gasteiger partial charge on any atom is 0.353 e. The fraction of sp³-hybridized carbons (Fsp3) is 0.120. The second kappa shape index (κ2) is 17.4. The predicted molar refractivity (Wildman–Crippen MR) is 230 cm³/mol. The van der Waals surface area contributed by atoms with Gasteiger partial charge in [-0.05, 0) is 131 Å². The lowest BCUT2D eigenvalue weighted by atomic mass is 9.78. The van der Waals surface area contributed by atoms with Crippen molar-refractivity contribution in [1.82, 2.24) is 0 Å². The van der Waals surface area contributed by atoms with Crippen LogP contribution in [-0.2, 0) is 10.8 Å². The van der Waals surface area contributed by atoms with Crippen LogP contribution in [-0.4, -0.2) is 34.1 Å². The van der Waals surface area contributed by atoms with Crippen molar-refractivity contribution in [1.29, 1.82) is 0 Å². The standard InChI is InChI=1S/C50H40O10S/c1-49(2,33-9-17-37(51)18-10-33)35-13-25-41(26-14-35)57-45(53)31-5-21-39(22-6-31)59-47(55)43-29-30-44(61-43)48(56)60-40-23-7-32(8-24-40)46(54)58-42-27-15-36(16-28-42)50(3,4)34-11-19-38(52)20-12-34/h5-30,51-52H,1-4H3. The third-order valence-corrected chi connectivity index (χ3v) is 11.4. The van der Waals surface area contributed by atoms with Crippen molar-refractivity contribution in [3.8, 4) is 34.5 Å². The molecule has 1 aromatic heterocycles. The Morgan fingerprint density at radius 2 is 0.607 bits per heavy atom. The molecular formula is C50H40O10S. The Kier molecular flexibility index (Phi) is 11.9. The summed E-state index contributed by atoms with van der Waals surface area (Å²) in [6, 6.07) is 43.2. The molecule has 0 amide bonds. The molecule has 1 heterocycles. The molecule has 10 nitrogen and oxygen atoms in total. The summed E-state index contributed by atoms with van der Waals surface area (Å²) >= 11 is 0.892. The van der Waals surface area contributed by atoms with Gasteiger partial charge in [0, 0.05) is 10.8 Å². The predicted octanol–water partition coefficient (Wildman–Crippen LogP) is 10.7. The summed E-state index contributed by atoms with van der Waals surface area (Å²) in [7, 11) is 0. The van der Waals surface area contributed by atoms with E-state index in [2.05, 4.69) is 27.7 Å². The third kappa shape index (κ3) is 9.70. The molecule has 0 bridgehead atoms. The van der Waals surface area contributed by atoms with Gasteiger partial charge in [-0.15, -0.1) is 11.3 Å². The largest absolute Gasteiger partial charge is 0.508 e. The number of ether oxygens (including phenoxy) is 4. The van der Waals surface area contributed by atoms with E-state index in [-0.39, 0.29) is 54.7 Å². The van der Waals surface area contributed by atoms with Crippen LogP contribution in [0, 0.1) is 0 Å². The smallest absolute Gasteiger partial charge is 0.353 e. The van der Waals surface area contributed by atoms with Crippen LogP contribution < -0.4 is 18.9 Å². The van der Waals surface area contributed by atoms with Crippen molar-refractivity contribution in [3.05, 3.63) is 201 Å². The Morgan fingerprint density at radius 3 is 0.902 bits per heavy atom. The average molecular weight is 833 g/mol. The van der Waals surface area contributed by atoms with Gasteiger partial charge in [0.05, 0.1) is 11.1 Å². The SMILES string of the molecule is CC(C)(c1ccc(O)cc1)c1ccc(OC(=O)c2ccc(OC(=O)c3ccc(C(=O)Oc4ccc(C(=O)Oc5ccc(C(C)(C)c6ccc(O)cc6)cc5)cc4)s3)cc2)cc1. The Morgan fingerprint density at radius 1 is 0.361 bits per heavy atom. The van der Waals surface area contributed by atoms with Gasteiger partial charge in [0.25, 0.3) is 0 Å². The fourth-order valence-electron chi connectivity index (χ4n) is 6.49. The summed E-state index contributed by atoms with van der Waals surface area (Å²) in [5.74, 6) is -1.09. The summed E-state index contributed by atoms with van der Waals surface area (Å²) < 4.78 is 22.1. The van der Waals surface area contributed by atoms with Gasteiger partial charge in [-0.2, -0.15) is 0 Å². The summed E-state index contributed by atoms with van der Waals surface area (Å²) in [4.78, 5) is 51.9. The van der Waals surface area contributed by atoms with Crippen LogP contribution in [0.25, 0.3) is 0 Å². The second-order valence-corrected chi connectivity index (χ2v) is 16.2. The van der Waals surface area contributed by atoms with Gasteiger partial charge in [0.2, 0.25) is 0 Å². The molecule has 0 aliphatic rings. The lowest BCUT2D eigenvalue weighted by molar-refractivity contribution is 0.0722. The lowest BCUT2D eigenvalue weighted by Crippen LogP contribution is -2.18. The Bertz CT molecular complexity index is 2490. The fourth-order valence-corrected chi connectivity index (χ4v) is 7.25. The van der Waals surface area contributed by atoms with Gasteiger partial charge in [0.15, 0.2) is 0 Å². The van der Waals surface area contributed by atoms with Crippen molar-refractivity contribution in [2.24, 2.45) is 0 Å². The molecule has 7 aromatic rings. The summed E-state index contributed by atoms with van der Waals surface area (Å²) in [5.41, 5.74) is 3.83. The Hall–Kier alpha value is -7.50. The average Bonchev–Trinajstić information content (AvgIpc) is 3.76. The van der Waals surface area contributed by atoms with Gasteiger partial charge < -0.3 is 29.2 Å². The number of carbonyl (C=O) groups excluding carboxylic acids is 4. The molecule has 0 radical (unpaired) electrons. The summed E-state index contributed by atoms with van der Waals surface area (Å²) in [5, 5.41) is 19.3. The van der Waals surface area contributed by atoms with E-state index >= 15 is 0 Å². The number of thiophene rings is 1. The number of hydrogen-bond donors (Lipinski definition) is 2. The molecule has 0 saturated carbocycles. The number of benzene rings is 6. The van der Waals surface area contributed by atoms with Gasteiger partial charge >= 0.3 is 23.9 Å². The summed E-state index contributed by atoms with van der Waals surface area (Å²) in [6.45, 7) is 8.26. The highest BCUT2D eigenvalue weighted by Crippen LogP contribution is 2.35. The molecule has 6 aromatic carbocycles. The maximum absolute atomic E-state index is 12.9. The van der Waals surface area contributed by atoms with Gasteiger partial charge in [-0.25, -0.2) is 19.2 Å². The minimum atomic E-state index is -0.701. The molecule has 2 N–H and O–H groups in total.